The highest BCUT2D eigenvalue weighted by Crippen LogP contribution is 2.40. The van der Waals surface area contributed by atoms with Gasteiger partial charge in [-0.05, 0) is 54.2 Å². The van der Waals surface area contributed by atoms with Gasteiger partial charge in [-0.1, -0.05) is 0 Å². The van der Waals surface area contributed by atoms with Crippen molar-refractivity contribution in [2.75, 3.05) is 55.5 Å². The lowest BCUT2D eigenvalue weighted by atomic mass is 9.73. The Kier molecular flexibility index (Phi) is 6.00. The van der Waals surface area contributed by atoms with Crippen LogP contribution in [0.3, 0.4) is 0 Å². The fraction of sp³-hybridized carbons (Fsp3) is 0.370. The monoisotopic (exact) mass is 519 g/mol. The maximum absolute atomic E-state index is 13.2. The first-order valence-electron chi connectivity index (χ1n) is 12.4. The van der Waals surface area contributed by atoms with Crippen LogP contribution in [-0.2, 0) is 6.54 Å². The molecule has 10 heteroatoms. The van der Waals surface area contributed by atoms with E-state index in [0.717, 1.165) is 50.3 Å². The van der Waals surface area contributed by atoms with Gasteiger partial charge in [-0.2, -0.15) is 0 Å². The van der Waals surface area contributed by atoms with Gasteiger partial charge in [-0.3, -0.25) is 19.5 Å². The van der Waals surface area contributed by atoms with Crippen molar-refractivity contribution < 1.29 is 19.1 Å². The smallest absolute Gasteiger partial charge is 0.265 e. The van der Waals surface area contributed by atoms with E-state index in [1.807, 2.05) is 18.2 Å². The lowest BCUT2D eigenvalue weighted by Crippen LogP contribution is -2.58. The van der Waals surface area contributed by atoms with E-state index in [0.29, 0.717) is 44.6 Å². The summed E-state index contributed by atoms with van der Waals surface area (Å²) >= 11 is 1.29. The molecule has 2 aromatic heterocycles. The van der Waals surface area contributed by atoms with E-state index in [1.54, 1.807) is 43.6 Å². The normalized spacial score (nSPS) is 17.9. The summed E-state index contributed by atoms with van der Waals surface area (Å²) in [6.45, 7) is 4.55. The number of ether oxygens (including phenoxy) is 2. The number of carbonyl (C=O) groups excluding carboxylic acids is 2. The third-order valence-electron chi connectivity index (χ3n) is 7.71. The molecule has 37 heavy (non-hydrogen) atoms. The van der Waals surface area contributed by atoms with Gasteiger partial charge in [0.15, 0.2) is 11.5 Å². The van der Waals surface area contributed by atoms with Gasteiger partial charge in [-0.15, -0.1) is 11.3 Å². The molecule has 6 rings (SSSR count). The highest BCUT2D eigenvalue weighted by molar-refractivity contribution is 7.18. The quantitative estimate of drug-likeness (QED) is 0.512. The summed E-state index contributed by atoms with van der Waals surface area (Å²) in [5.74, 6) is 0.768. The molecule has 0 radical (unpaired) electrons. The third kappa shape index (κ3) is 4.19. The molecule has 1 spiro atoms. The lowest BCUT2D eigenvalue weighted by Gasteiger charge is -2.49. The Morgan fingerprint density at radius 2 is 1.86 bits per heavy atom. The number of rotatable bonds is 6. The molecule has 2 amide bonds. The van der Waals surface area contributed by atoms with Gasteiger partial charge in [0, 0.05) is 37.9 Å². The van der Waals surface area contributed by atoms with Gasteiger partial charge in [0.05, 0.1) is 48.2 Å². The summed E-state index contributed by atoms with van der Waals surface area (Å²) in [5, 5.41) is 7.17. The Hall–Kier alpha value is -3.63. The van der Waals surface area contributed by atoms with Crippen molar-refractivity contribution in [3.63, 3.8) is 0 Å². The molecule has 9 nitrogen and oxygen atoms in total. The average Bonchev–Trinajstić information content (AvgIpc) is 3.52. The van der Waals surface area contributed by atoms with E-state index in [9.17, 15) is 9.59 Å². The molecule has 3 aliphatic rings. The summed E-state index contributed by atoms with van der Waals surface area (Å²) in [7, 11) is 3.12. The highest BCUT2D eigenvalue weighted by atomic mass is 32.1. The van der Waals surface area contributed by atoms with E-state index in [-0.39, 0.29) is 11.8 Å². The summed E-state index contributed by atoms with van der Waals surface area (Å²) in [4.78, 5) is 35.2. The van der Waals surface area contributed by atoms with E-state index >= 15 is 0 Å². The summed E-state index contributed by atoms with van der Waals surface area (Å²) < 4.78 is 10.7. The largest absolute Gasteiger partial charge is 0.493 e. The van der Waals surface area contributed by atoms with Crippen molar-refractivity contribution in [3.05, 3.63) is 58.7 Å². The molecule has 3 aromatic rings. The van der Waals surface area contributed by atoms with E-state index in [2.05, 4.69) is 20.5 Å². The summed E-state index contributed by atoms with van der Waals surface area (Å²) in [5.41, 5.74) is 3.59. The van der Waals surface area contributed by atoms with Gasteiger partial charge in [-0.25, -0.2) is 0 Å². The number of anilines is 3. The molecule has 0 bridgehead atoms. The number of benzene rings is 1. The predicted octanol–water partition coefficient (Wildman–Crippen LogP) is 3.76. The number of nitrogens with one attached hydrogen (secondary N) is 2. The average molecular weight is 520 g/mol. The van der Waals surface area contributed by atoms with Crippen LogP contribution >= 0.6 is 11.3 Å². The molecule has 0 aliphatic carbocycles. The van der Waals surface area contributed by atoms with Crippen LogP contribution in [0.25, 0.3) is 0 Å². The number of aromatic nitrogens is 1. The van der Waals surface area contributed by atoms with E-state index in [1.165, 1.54) is 11.3 Å². The number of methoxy groups -OCH3 is 2. The minimum atomic E-state index is -0.213. The lowest BCUT2D eigenvalue weighted by molar-refractivity contribution is 0.0994. The van der Waals surface area contributed by atoms with Crippen LogP contribution in [-0.4, -0.2) is 57.2 Å². The Morgan fingerprint density at radius 3 is 2.57 bits per heavy atom. The van der Waals surface area contributed by atoms with Crippen molar-refractivity contribution in [1.29, 1.82) is 0 Å². The molecule has 0 saturated carbocycles. The number of hydrogen-bond donors (Lipinski definition) is 2. The Morgan fingerprint density at radius 1 is 1.11 bits per heavy atom. The van der Waals surface area contributed by atoms with E-state index in [4.69, 9.17) is 9.47 Å². The van der Waals surface area contributed by atoms with Crippen LogP contribution in [0, 0.1) is 5.41 Å². The Balaban J connectivity index is 1.17. The number of thiophene rings is 1. The molecule has 0 unspecified atom stereocenters. The minimum Gasteiger partial charge on any atom is -0.493 e. The van der Waals surface area contributed by atoms with Crippen molar-refractivity contribution >= 4 is 39.5 Å². The standard InChI is InChI=1S/C27H29N5O4S/c1-35-21-11-17-14-32(26(34)18(17)12-22(21)36-2)24-4-3-23(37-24)25(33)30-19-13-28-8-5-20(19)31-9-6-27(7-10-31)15-29-16-27/h3-5,8,11-13,29H,6-7,9-10,14-16H2,1-2H3,(H,30,33). The maximum atomic E-state index is 13.2. The number of fused-ring (bicyclic) bond motifs is 1. The number of amides is 2. The van der Waals surface area contributed by atoms with Gasteiger partial charge < -0.3 is 25.0 Å². The topological polar surface area (TPSA) is 96.0 Å². The number of hydrogen-bond acceptors (Lipinski definition) is 8. The number of carbonyl (C=O) groups is 2. The fourth-order valence-electron chi connectivity index (χ4n) is 5.41. The van der Waals surface area contributed by atoms with Gasteiger partial charge >= 0.3 is 0 Å². The molecule has 2 saturated heterocycles. The molecule has 2 N–H and O–H groups in total. The molecule has 1 aromatic carbocycles. The van der Waals surface area contributed by atoms with Crippen LogP contribution < -0.4 is 29.9 Å². The van der Waals surface area contributed by atoms with Crippen molar-refractivity contribution in [2.24, 2.45) is 5.41 Å². The van der Waals surface area contributed by atoms with Gasteiger partial charge in [0.1, 0.15) is 0 Å². The highest BCUT2D eigenvalue weighted by Gasteiger charge is 2.40. The Bertz CT molecular complexity index is 1360. The van der Waals surface area contributed by atoms with Crippen LogP contribution in [0.15, 0.2) is 42.7 Å². The first kappa shape index (κ1) is 23.7. The second-order valence-corrected chi connectivity index (χ2v) is 10.9. The maximum Gasteiger partial charge on any atom is 0.265 e. The van der Waals surface area contributed by atoms with Crippen molar-refractivity contribution in [3.8, 4) is 11.5 Å². The summed E-state index contributed by atoms with van der Waals surface area (Å²) in [6.07, 6.45) is 5.77. The Labute approximate surface area is 219 Å². The summed E-state index contributed by atoms with van der Waals surface area (Å²) in [6, 6.07) is 9.09. The zero-order chi connectivity index (χ0) is 25.6. The number of piperidine rings is 1. The first-order valence-corrected chi connectivity index (χ1v) is 13.2. The predicted molar refractivity (Wildman–Crippen MR) is 143 cm³/mol. The zero-order valence-corrected chi connectivity index (χ0v) is 21.7. The SMILES string of the molecule is COc1cc2c(cc1OC)C(=O)N(c1ccc(C(=O)Nc3cnccc3N3CCC4(CC3)CNC4)s1)C2. The molecule has 5 heterocycles. The molecule has 0 atom stereocenters. The number of nitrogens with zero attached hydrogens (tertiary/aromatic N) is 3. The minimum absolute atomic E-state index is 0.121. The second kappa shape index (κ2) is 9.35. The molecule has 2 fully saturated rings. The van der Waals surface area contributed by atoms with Gasteiger partial charge in [0.2, 0.25) is 0 Å². The van der Waals surface area contributed by atoms with E-state index < -0.39 is 0 Å². The second-order valence-electron chi connectivity index (χ2n) is 9.83. The molecule has 192 valence electrons. The first-order chi connectivity index (χ1) is 18.0. The van der Waals surface area contributed by atoms with Crippen molar-refractivity contribution in [1.82, 2.24) is 10.3 Å². The van der Waals surface area contributed by atoms with Crippen LogP contribution in [0.4, 0.5) is 16.4 Å². The van der Waals surface area contributed by atoms with Crippen LogP contribution in [0.2, 0.25) is 0 Å². The molecular weight excluding hydrogens is 490 g/mol. The number of pyridine rings is 1. The molecular formula is C27H29N5O4S. The van der Waals surface area contributed by atoms with Crippen LogP contribution in [0.1, 0.15) is 38.4 Å². The molecule has 3 aliphatic heterocycles. The third-order valence-corrected chi connectivity index (χ3v) is 8.81. The van der Waals surface area contributed by atoms with Crippen LogP contribution in [0.5, 0.6) is 11.5 Å². The van der Waals surface area contributed by atoms with Gasteiger partial charge in [0.25, 0.3) is 11.8 Å². The van der Waals surface area contributed by atoms with Crippen molar-refractivity contribution in [2.45, 2.75) is 19.4 Å². The zero-order valence-electron chi connectivity index (χ0n) is 20.9. The fourth-order valence-corrected chi connectivity index (χ4v) is 6.31.